The Morgan fingerprint density at radius 2 is 2.43 bits per heavy atom. The summed E-state index contributed by atoms with van der Waals surface area (Å²) in [4.78, 5) is 22.9. The van der Waals surface area contributed by atoms with Gasteiger partial charge in [0.15, 0.2) is 5.92 Å². The standard InChI is InChI=1S/C10H12O4/c1-10-4-3-6(5-10)14-9(12)7(10)8(11)13-2/h3-4,6-7H,5H2,1-2H3/t6-,7?,10+/m1/s1. The lowest BCUT2D eigenvalue weighted by Gasteiger charge is -2.34. The maximum Gasteiger partial charge on any atom is 0.321 e. The van der Waals surface area contributed by atoms with E-state index in [0.717, 1.165) is 0 Å². The van der Waals surface area contributed by atoms with Crippen molar-refractivity contribution in [3.63, 3.8) is 0 Å². The monoisotopic (exact) mass is 196 g/mol. The number of carbonyl (C=O) groups is 2. The molecule has 14 heavy (non-hydrogen) atoms. The van der Waals surface area contributed by atoms with E-state index in [-0.39, 0.29) is 6.10 Å². The average Bonchev–Trinajstić information content (AvgIpc) is 2.42. The van der Waals surface area contributed by atoms with Crippen molar-refractivity contribution in [2.75, 3.05) is 7.11 Å². The van der Waals surface area contributed by atoms with Gasteiger partial charge >= 0.3 is 11.9 Å². The minimum absolute atomic E-state index is 0.159. The normalized spacial score (nSPS) is 39.4. The van der Waals surface area contributed by atoms with Crippen LogP contribution in [0.4, 0.5) is 0 Å². The summed E-state index contributed by atoms with van der Waals surface area (Å²) in [5.41, 5.74) is -0.424. The summed E-state index contributed by atoms with van der Waals surface area (Å²) in [6.07, 6.45) is 4.23. The van der Waals surface area contributed by atoms with Gasteiger partial charge in [-0.25, -0.2) is 0 Å². The molecular weight excluding hydrogens is 184 g/mol. The number of hydrogen-bond acceptors (Lipinski definition) is 4. The number of esters is 2. The zero-order valence-electron chi connectivity index (χ0n) is 8.15. The van der Waals surface area contributed by atoms with Crippen molar-refractivity contribution in [1.82, 2.24) is 0 Å². The fourth-order valence-corrected chi connectivity index (χ4v) is 2.16. The Bertz CT molecular complexity index is 320. The second-order valence-corrected chi connectivity index (χ2v) is 4.00. The largest absolute Gasteiger partial charge is 0.468 e. The van der Waals surface area contributed by atoms with E-state index in [4.69, 9.17) is 4.74 Å². The van der Waals surface area contributed by atoms with E-state index in [2.05, 4.69) is 4.74 Å². The maximum absolute atomic E-state index is 11.5. The number of rotatable bonds is 1. The van der Waals surface area contributed by atoms with Gasteiger partial charge in [-0.1, -0.05) is 13.0 Å². The van der Waals surface area contributed by atoms with Gasteiger partial charge in [0.1, 0.15) is 6.10 Å². The van der Waals surface area contributed by atoms with Crippen molar-refractivity contribution in [1.29, 1.82) is 0 Å². The number of methoxy groups -OCH3 is 1. The molecule has 76 valence electrons. The fraction of sp³-hybridized carbons (Fsp3) is 0.600. The van der Waals surface area contributed by atoms with E-state index < -0.39 is 23.3 Å². The number of hydrogen-bond donors (Lipinski definition) is 0. The molecule has 0 aromatic heterocycles. The fourth-order valence-electron chi connectivity index (χ4n) is 2.16. The third-order valence-electron chi connectivity index (χ3n) is 2.93. The van der Waals surface area contributed by atoms with Crippen molar-refractivity contribution in [2.45, 2.75) is 19.4 Å². The Balaban J connectivity index is 2.33. The van der Waals surface area contributed by atoms with Crippen molar-refractivity contribution in [3.8, 4) is 0 Å². The van der Waals surface area contributed by atoms with Crippen LogP contribution < -0.4 is 0 Å². The number of fused-ring (bicyclic) bond motifs is 2. The van der Waals surface area contributed by atoms with Gasteiger partial charge in [-0.05, 0) is 12.5 Å². The molecule has 1 heterocycles. The number of allylic oxidation sites excluding steroid dienone is 1. The van der Waals surface area contributed by atoms with Gasteiger partial charge in [-0.15, -0.1) is 0 Å². The van der Waals surface area contributed by atoms with Crippen molar-refractivity contribution < 1.29 is 19.1 Å². The molecule has 0 saturated carbocycles. The Morgan fingerprint density at radius 1 is 1.71 bits per heavy atom. The highest BCUT2D eigenvalue weighted by Gasteiger charge is 2.52. The van der Waals surface area contributed by atoms with Crippen LogP contribution >= 0.6 is 0 Å². The van der Waals surface area contributed by atoms with Crippen molar-refractivity contribution >= 4 is 11.9 Å². The summed E-state index contributed by atoms with van der Waals surface area (Å²) < 4.78 is 9.65. The smallest absolute Gasteiger partial charge is 0.321 e. The van der Waals surface area contributed by atoms with Crippen LogP contribution in [0.1, 0.15) is 13.3 Å². The molecule has 1 fully saturated rings. The molecule has 0 aromatic rings. The van der Waals surface area contributed by atoms with E-state index in [1.54, 1.807) is 0 Å². The first-order chi connectivity index (χ1) is 6.57. The molecule has 2 bridgehead atoms. The molecule has 2 aliphatic rings. The van der Waals surface area contributed by atoms with E-state index in [9.17, 15) is 9.59 Å². The van der Waals surface area contributed by atoms with Gasteiger partial charge in [-0.2, -0.15) is 0 Å². The summed E-state index contributed by atoms with van der Waals surface area (Å²) >= 11 is 0. The van der Waals surface area contributed by atoms with Gasteiger partial charge in [0.2, 0.25) is 0 Å². The van der Waals surface area contributed by atoms with Gasteiger partial charge in [-0.3, -0.25) is 9.59 Å². The molecule has 0 spiro atoms. The highest BCUT2D eigenvalue weighted by Crippen LogP contribution is 2.45. The molecule has 0 N–H and O–H groups in total. The lowest BCUT2D eigenvalue weighted by Crippen LogP contribution is -2.44. The minimum atomic E-state index is -0.803. The first-order valence-corrected chi connectivity index (χ1v) is 4.54. The van der Waals surface area contributed by atoms with Gasteiger partial charge in [0, 0.05) is 5.41 Å². The molecule has 1 saturated heterocycles. The first-order valence-electron chi connectivity index (χ1n) is 4.54. The summed E-state index contributed by atoms with van der Waals surface area (Å²) in [6, 6.07) is 0. The quantitative estimate of drug-likeness (QED) is 0.351. The average molecular weight is 196 g/mol. The third kappa shape index (κ3) is 1.14. The molecule has 1 aliphatic carbocycles. The third-order valence-corrected chi connectivity index (χ3v) is 2.93. The van der Waals surface area contributed by atoms with Crippen LogP contribution in [-0.2, 0) is 19.1 Å². The van der Waals surface area contributed by atoms with Crippen molar-refractivity contribution in [3.05, 3.63) is 12.2 Å². The molecule has 3 atom stereocenters. The summed E-state index contributed by atoms with van der Waals surface area (Å²) in [5, 5.41) is 0. The summed E-state index contributed by atoms with van der Waals surface area (Å²) in [6.45, 7) is 1.88. The Hall–Kier alpha value is -1.32. The second kappa shape index (κ2) is 2.83. The lowest BCUT2D eigenvalue weighted by atomic mass is 9.75. The van der Waals surface area contributed by atoms with Crippen LogP contribution in [0.2, 0.25) is 0 Å². The number of ether oxygens (including phenoxy) is 2. The molecule has 0 radical (unpaired) electrons. The molecule has 4 heteroatoms. The van der Waals surface area contributed by atoms with Gasteiger partial charge in [0.25, 0.3) is 0 Å². The van der Waals surface area contributed by atoms with Crippen LogP contribution in [0.15, 0.2) is 12.2 Å². The number of carbonyl (C=O) groups excluding carboxylic acids is 2. The molecule has 2 rings (SSSR count). The Morgan fingerprint density at radius 3 is 3.07 bits per heavy atom. The topological polar surface area (TPSA) is 52.6 Å². The van der Waals surface area contributed by atoms with E-state index in [1.807, 2.05) is 19.1 Å². The SMILES string of the molecule is COC(=O)C1C(=O)O[C@@H]2C=C[C@@]1(C)C2. The minimum Gasteiger partial charge on any atom is -0.468 e. The van der Waals surface area contributed by atoms with E-state index >= 15 is 0 Å². The van der Waals surface area contributed by atoms with Crippen LogP contribution in [0, 0.1) is 11.3 Å². The molecule has 4 nitrogen and oxygen atoms in total. The molecule has 0 aromatic carbocycles. The second-order valence-electron chi connectivity index (χ2n) is 4.00. The highest BCUT2D eigenvalue weighted by atomic mass is 16.6. The highest BCUT2D eigenvalue weighted by molar-refractivity contribution is 5.97. The summed E-state index contributed by atoms with van der Waals surface area (Å²) in [7, 11) is 1.28. The predicted molar refractivity (Wildman–Crippen MR) is 47.3 cm³/mol. The zero-order chi connectivity index (χ0) is 10.3. The molecular formula is C10H12O4. The molecule has 1 aliphatic heterocycles. The van der Waals surface area contributed by atoms with Crippen LogP contribution in [0.5, 0.6) is 0 Å². The van der Waals surface area contributed by atoms with Gasteiger partial charge in [0.05, 0.1) is 7.11 Å². The van der Waals surface area contributed by atoms with Crippen LogP contribution in [0.3, 0.4) is 0 Å². The molecule has 1 unspecified atom stereocenters. The summed E-state index contributed by atoms with van der Waals surface area (Å²) in [5.74, 6) is -1.79. The predicted octanol–water partition coefficient (Wildman–Crippen LogP) is 0.667. The van der Waals surface area contributed by atoms with Crippen LogP contribution in [-0.4, -0.2) is 25.2 Å². The van der Waals surface area contributed by atoms with Crippen LogP contribution in [0.25, 0.3) is 0 Å². The molecule has 0 amide bonds. The Labute approximate surface area is 81.9 Å². The first kappa shape index (κ1) is 9.24. The van der Waals surface area contributed by atoms with Gasteiger partial charge < -0.3 is 9.47 Å². The lowest BCUT2D eigenvalue weighted by molar-refractivity contribution is -0.174. The van der Waals surface area contributed by atoms with E-state index in [1.165, 1.54) is 7.11 Å². The zero-order valence-corrected chi connectivity index (χ0v) is 8.15. The van der Waals surface area contributed by atoms with Crippen molar-refractivity contribution in [2.24, 2.45) is 11.3 Å². The Kier molecular flexibility index (Phi) is 1.87. The maximum atomic E-state index is 11.5. The van der Waals surface area contributed by atoms with E-state index in [0.29, 0.717) is 6.42 Å².